The Hall–Kier alpha value is -0.420. The smallest absolute Gasteiger partial charge is 0.317 e. The average molecular weight is 288 g/mol. The molecule has 0 aromatic rings. The molecule has 2 amide bonds. The molecule has 3 atom stereocenters. The van der Waals surface area contributed by atoms with Gasteiger partial charge in [-0.2, -0.15) is 11.8 Å². The van der Waals surface area contributed by atoms with Gasteiger partial charge in [-0.05, 0) is 34.1 Å². The summed E-state index contributed by atoms with van der Waals surface area (Å²) >= 11 is 1.94. The first-order chi connectivity index (χ1) is 8.76. The standard InChI is InChI=1S/C14H28N2O2S/c1-10(9-14(4,5)18-6)15-13(17)16-7-8-19-12(3)11(16)2/h10-12H,7-9H2,1-6H3,(H,15,17). The molecule has 0 bridgehead atoms. The highest BCUT2D eigenvalue weighted by Gasteiger charge is 2.30. The summed E-state index contributed by atoms with van der Waals surface area (Å²) in [6.07, 6.45) is 0.807. The predicted octanol–water partition coefficient (Wildman–Crippen LogP) is 2.73. The van der Waals surface area contributed by atoms with Gasteiger partial charge < -0.3 is 15.0 Å². The molecule has 0 saturated carbocycles. The average Bonchev–Trinajstić information content (AvgIpc) is 2.31. The van der Waals surface area contributed by atoms with E-state index in [9.17, 15) is 4.79 Å². The number of rotatable bonds is 4. The number of hydrogen-bond acceptors (Lipinski definition) is 3. The Morgan fingerprint density at radius 3 is 2.74 bits per heavy atom. The number of methoxy groups -OCH3 is 1. The van der Waals surface area contributed by atoms with Crippen LogP contribution in [0.5, 0.6) is 0 Å². The lowest BCUT2D eigenvalue weighted by Gasteiger charge is -2.38. The Kier molecular flexibility index (Phi) is 5.99. The van der Waals surface area contributed by atoms with Crippen LogP contribution in [0.2, 0.25) is 0 Å². The Bertz CT molecular complexity index is 310. The molecule has 4 nitrogen and oxygen atoms in total. The van der Waals surface area contributed by atoms with E-state index in [2.05, 4.69) is 19.2 Å². The van der Waals surface area contributed by atoms with Crippen LogP contribution in [-0.2, 0) is 4.74 Å². The fourth-order valence-corrected chi connectivity index (χ4v) is 3.48. The van der Waals surface area contributed by atoms with Crippen molar-refractivity contribution in [1.82, 2.24) is 10.2 Å². The van der Waals surface area contributed by atoms with Crippen LogP contribution in [-0.4, -0.2) is 53.3 Å². The van der Waals surface area contributed by atoms with Gasteiger partial charge in [0.15, 0.2) is 0 Å². The molecule has 0 aliphatic carbocycles. The van der Waals surface area contributed by atoms with Gasteiger partial charge in [0.05, 0.1) is 5.60 Å². The molecule has 5 heteroatoms. The van der Waals surface area contributed by atoms with Crippen LogP contribution in [0, 0.1) is 0 Å². The van der Waals surface area contributed by atoms with Crippen LogP contribution in [0.3, 0.4) is 0 Å². The molecule has 0 spiro atoms. The van der Waals surface area contributed by atoms with Gasteiger partial charge >= 0.3 is 6.03 Å². The Balaban J connectivity index is 2.50. The largest absolute Gasteiger partial charge is 0.379 e. The van der Waals surface area contributed by atoms with Gasteiger partial charge in [0.2, 0.25) is 0 Å². The number of hydrogen-bond donors (Lipinski definition) is 1. The van der Waals surface area contributed by atoms with E-state index < -0.39 is 0 Å². The summed E-state index contributed by atoms with van der Waals surface area (Å²) in [7, 11) is 1.71. The van der Waals surface area contributed by atoms with Crippen LogP contribution in [0.25, 0.3) is 0 Å². The van der Waals surface area contributed by atoms with Crippen molar-refractivity contribution < 1.29 is 9.53 Å². The number of amides is 2. The normalized spacial score (nSPS) is 26.1. The molecule has 0 radical (unpaired) electrons. The van der Waals surface area contributed by atoms with E-state index in [1.165, 1.54) is 0 Å². The summed E-state index contributed by atoms with van der Waals surface area (Å²) < 4.78 is 5.41. The number of nitrogens with one attached hydrogen (secondary N) is 1. The Morgan fingerprint density at radius 2 is 2.16 bits per heavy atom. The van der Waals surface area contributed by atoms with E-state index >= 15 is 0 Å². The van der Waals surface area contributed by atoms with Crippen molar-refractivity contribution in [2.75, 3.05) is 19.4 Å². The zero-order valence-electron chi connectivity index (χ0n) is 13.0. The summed E-state index contributed by atoms with van der Waals surface area (Å²) in [5, 5.41) is 3.59. The maximum atomic E-state index is 12.3. The van der Waals surface area contributed by atoms with Crippen molar-refractivity contribution in [3.63, 3.8) is 0 Å². The van der Waals surface area contributed by atoms with Gasteiger partial charge in [0, 0.05) is 36.7 Å². The zero-order valence-corrected chi connectivity index (χ0v) is 13.8. The van der Waals surface area contributed by atoms with E-state index in [0.29, 0.717) is 11.3 Å². The molecule has 1 rings (SSSR count). The van der Waals surface area contributed by atoms with Gasteiger partial charge in [-0.25, -0.2) is 4.79 Å². The molecule has 1 aliphatic heterocycles. The number of urea groups is 1. The van der Waals surface area contributed by atoms with E-state index in [1.807, 2.05) is 37.4 Å². The Morgan fingerprint density at radius 1 is 1.53 bits per heavy atom. The minimum atomic E-state index is -0.205. The van der Waals surface area contributed by atoms with Gasteiger partial charge in [-0.15, -0.1) is 0 Å². The fraction of sp³-hybridized carbons (Fsp3) is 0.929. The van der Waals surface area contributed by atoms with Gasteiger partial charge in [0.25, 0.3) is 0 Å². The molecule has 1 heterocycles. The molecule has 1 fully saturated rings. The molecule has 1 saturated heterocycles. The lowest BCUT2D eigenvalue weighted by Crippen LogP contribution is -2.54. The SMILES string of the molecule is COC(C)(C)CC(C)NC(=O)N1CCSC(C)C1C. The summed E-state index contributed by atoms with van der Waals surface area (Å²) in [6, 6.07) is 0.458. The van der Waals surface area contributed by atoms with Crippen molar-refractivity contribution in [1.29, 1.82) is 0 Å². The zero-order chi connectivity index (χ0) is 14.6. The highest BCUT2D eigenvalue weighted by molar-refractivity contribution is 8.00. The number of ether oxygens (including phenoxy) is 1. The fourth-order valence-electron chi connectivity index (χ4n) is 2.39. The van der Waals surface area contributed by atoms with E-state index in [1.54, 1.807) is 7.11 Å². The second-order valence-corrected chi connectivity index (χ2v) is 7.51. The second kappa shape index (κ2) is 6.84. The molecule has 112 valence electrons. The van der Waals surface area contributed by atoms with Crippen molar-refractivity contribution in [3.05, 3.63) is 0 Å². The van der Waals surface area contributed by atoms with Crippen molar-refractivity contribution >= 4 is 17.8 Å². The highest BCUT2D eigenvalue weighted by Crippen LogP contribution is 2.24. The summed E-state index contributed by atoms with van der Waals surface area (Å²) in [5.41, 5.74) is -0.205. The lowest BCUT2D eigenvalue weighted by atomic mass is 10.00. The molecular weight excluding hydrogens is 260 g/mol. The number of thioether (sulfide) groups is 1. The molecule has 0 aromatic carbocycles. The third-order valence-corrected chi connectivity index (χ3v) is 5.20. The number of nitrogens with zero attached hydrogens (tertiary/aromatic N) is 1. The van der Waals surface area contributed by atoms with Crippen LogP contribution in [0.1, 0.15) is 41.0 Å². The molecule has 3 unspecified atom stereocenters. The second-order valence-electron chi connectivity index (χ2n) is 6.03. The summed E-state index contributed by atoms with van der Waals surface area (Å²) in [5.74, 6) is 1.02. The van der Waals surface area contributed by atoms with E-state index in [0.717, 1.165) is 18.7 Å². The lowest BCUT2D eigenvalue weighted by molar-refractivity contribution is 0.00904. The van der Waals surface area contributed by atoms with Crippen molar-refractivity contribution in [3.8, 4) is 0 Å². The maximum Gasteiger partial charge on any atom is 0.317 e. The molecule has 19 heavy (non-hydrogen) atoms. The first-order valence-electron chi connectivity index (χ1n) is 7.00. The first kappa shape index (κ1) is 16.6. The summed E-state index contributed by atoms with van der Waals surface area (Å²) in [6.45, 7) is 11.3. The number of carbonyl (C=O) groups excluding carboxylic acids is 1. The quantitative estimate of drug-likeness (QED) is 0.865. The topological polar surface area (TPSA) is 41.6 Å². The van der Waals surface area contributed by atoms with Crippen LogP contribution >= 0.6 is 11.8 Å². The molecule has 0 aromatic heterocycles. The minimum absolute atomic E-state index is 0.0547. The maximum absolute atomic E-state index is 12.3. The van der Waals surface area contributed by atoms with Gasteiger partial charge in [-0.1, -0.05) is 6.92 Å². The van der Waals surface area contributed by atoms with Crippen LogP contribution < -0.4 is 5.32 Å². The molecular formula is C14H28N2O2S. The van der Waals surface area contributed by atoms with Crippen LogP contribution in [0.15, 0.2) is 0 Å². The van der Waals surface area contributed by atoms with Crippen molar-refractivity contribution in [2.24, 2.45) is 0 Å². The number of carbonyl (C=O) groups is 1. The van der Waals surface area contributed by atoms with Gasteiger partial charge in [0.1, 0.15) is 0 Å². The Labute approximate surface area is 121 Å². The monoisotopic (exact) mass is 288 g/mol. The van der Waals surface area contributed by atoms with E-state index in [-0.39, 0.29) is 17.7 Å². The minimum Gasteiger partial charge on any atom is -0.379 e. The third kappa shape index (κ3) is 4.88. The molecule has 1 N–H and O–H groups in total. The van der Waals surface area contributed by atoms with Crippen LogP contribution in [0.4, 0.5) is 4.79 Å². The predicted molar refractivity (Wildman–Crippen MR) is 81.8 cm³/mol. The van der Waals surface area contributed by atoms with E-state index in [4.69, 9.17) is 4.74 Å². The van der Waals surface area contributed by atoms with Gasteiger partial charge in [-0.3, -0.25) is 0 Å². The third-order valence-electron chi connectivity index (χ3n) is 3.86. The highest BCUT2D eigenvalue weighted by atomic mass is 32.2. The molecule has 1 aliphatic rings. The van der Waals surface area contributed by atoms with Crippen molar-refractivity contribution in [2.45, 2.75) is 64.0 Å². The summed E-state index contributed by atoms with van der Waals surface area (Å²) in [4.78, 5) is 14.3. The first-order valence-corrected chi connectivity index (χ1v) is 8.05.